The lowest BCUT2D eigenvalue weighted by Gasteiger charge is -2.16. The third-order valence-corrected chi connectivity index (χ3v) is 3.29. The molecule has 2 rings (SSSR count). The lowest BCUT2D eigenvalue weighted by Crippen LogP contribution is -2.32. The molecular formula is C15H18F2N2O3. The van der Waals surface area contributed by atoms with Crippen LogP contribution in [-0.4, -0.2) is 38.0 Å². The maximum Gasteiger partial charge on any atom is 0.319 e. The van der Waals surface area contributed by atoms with E-state index in [-0.39, 0.29) is 18.9 Å². The molecule has 0 unspecified atom stereocenters. The van der Waals surface area contributed by atoms with Crippen molar-refractivity contribution in [3.05, 3.63) is 29.3 Å². The number of hydrogen-bond acceptors (Lipinski definition) is 3. The highest BCUT2D eigenvalue weighted by atomic mass is 19.3. The molecule has 0 heterocycles. The summed E-state index contributed by atoms with van der Waals surface area (Å²) in [7, 11) is 0. The first-order valence-corrected chi connectivity index (χ1v) is 7.13. The molecule has 1 aromatic rings. The summed E-state index contributed by atoms with van der Waals surface area (Å²) >= 11 is 0. The number of benzene rings is 1. The molecule has 0 bridgehead atoms. The smallest absolute Gasteiger partial charge is 0.319 e. The Morgan fingerprint density at radius 1 is 1.32 bits per heavy atom. The molecule has 7 heteroatoms. The van der Waals surface area contributed by atoms with Crippen molar-refractivity contribution in [2.75, 3.05) is 25.1 Å². The fraction of sp³-hybridized carbons (Fsp3) is 0.467. The Kier molecular flexibility index (Phi) is 5.83. The Balaban J connectivity index is 1.79. The van der Waals surface area contributed by atoms with Crippen molar-refractivity contribution >= 4 is 17.5 Å². The van der Waals surface area contributed by atoms with Gasteiger partial charge in [-0.15, -0.1) is 0 Å². The first kappa shape index (κ1) is 16.4. The summed E-state index contributed by atoms with van der Waals surface area (Å²) < 4.78 is 28.3. The molecular weight excluding hydrogens is 294 g/mol. The highest BCUT2D eigenvalue weighted by molar-refractivity contribution is 6.00. The maximum absolute atomic E-state index is 11.8. The van der Waals surface area contributed by atoms with E-state index in [9.17, 15) is 18.4 Å². The number of carbonyl (C=O) groups is 2. The summed E-state index contributed by atoms with van der Waals surface area (Å²) in [5.41, 5.74) is 2.19. The Labute approximate surface area is 127 Å². The minimum atomic E-state index is -2.51. The minimum absolute atomic E-state index is 0.0143. The standard InChI is InChI=1S/C15H18F2N2O3/c16-14(17)9-22-7-6-18-15(21)19-11-5-4-10-2-1-3-13(20)12(10)8-11/h4-5,8,14H,1-3,6-7,9H2,(H2,18,19,21). The van der Waals surface area contributed by atoms with E-state index in [4.69, 9.17) is 0 Å². The van der Waals surface area contributed by atoms with Crippen LogP contribution in [0.4, 0.5) is 19.3 Å². The van der Waals surface area contributed by atoms with Gasteiger partial charge in [0.25, 0.3) is 6.43 Å². The second-order valence-corrected chi connectivity index (χ2v) is 5.00. The highest BCUT2D eigenvalue weighted by Gasteiger charge is 2.17. The van der Waals surface area contributed by atoms with E-state index in [1.54, 1.807) is 12.1 Å². The van der Waals surface area contributed by atoms with E-state index in [0.717, 1.165) is 18.4 Å². The normalized spacial score (nSPS) is 13.9. The van der Waals surface area contributed by atoms with Gasteiger partial charge in [0.15, 0.2) is 5.78 Å². The number of ether oxygens (including phenoxy) is 1. The molecule has 0 aromatic heterocycles. The molecule has 2 N–H and O–H groups in total. The Hall–Kier alpha value is -2.02. The van der Waals surface area contributed by atoms with E-state index in [0.29, 0.717) is 17.7 Å². The van der Waals surface area contributed by atoms with Crippen LogP contribution in [0.3, 0.4) is 0 Å². The molecule has 5 nitrogen and oxygen atoms in total. The Bertz CT molecular complexity index is 550. The first-order valence-electron chi connectivity index (χ1n) is 7.13. The summed E-state index contributed by atoms with van der Waals surface area (Å²) in [6, 6.07) is 4.78. The van der Waals surface area contributed by atoms with Crippen molar-refractivity contribution in [3.8, 4) is 0 Å². The predicted octanol–water partition coefficient (Wildman–Crippen LogP) is 2.61. The SMILES string of the molecule is O=C(NCCOCC(F)F)Nc1ccc2c(c1)C(=O)CCC2. The number of urea groups is 1. The zero-order chi connectivity index (χ0) is 15.9. The zero-order valence-corrected chi connectivity index (χ0v) is 12.0. The van der Waals surface area contributed by atoms with Crippen LogP contribution in [0.15, 0.2) is 18.2 Å². The summed E-state index contributed by atoms with van der Waals surface area (Å²) in [6.45, 7) is -0.501. The first-order chi connectivity index (χ1) is 10.6. The van der Waals surface area contributed by atoms with E-state index < -0.39 is 19.1 Å². The van der Waals surface area contributed by atoms with Crippen LogP contribution in [-0.2, 0) is 11.2 Å². The van der Waals surface area contributed by atoms with Gasteiger partial charge in [0, 0.05) is 24.2 Å². The molecule has 2 amide bonds. The summed E-state index contributed by atoms with van der Waals surface area (Å²) in [6.07, 6.45) is -0.251. The van der Waals surface area contributed by atoms with Gasteiger partial charge in [0.2, 0.25) is 0 Å². The van der Waals surface area contributed by atoms with Gasteiger partial charge in [-0.2, -0.15) is 0 Å². The third-order valence-electron chi connectivity index (χ3n) is 3.29. The average Bonchev–Trinajstić information content (AvgIpc) is 2.47. The van der Waals surface area contributed by atoms with Crippen LogP contribution in [0.25, 0.3) is 0 Å². The lowest BCUT2D eigenvalue weighted by atomic mass is 9.90. The number of alkyl halides is 2. The molecule has 0 fully saturated rings. The molecule has 1 aromatic carbocycles. The van der Waals surface area contributed by atoms with Crippen LogP contribution in [0.2, 0.25) is 0 Å². The van der Waals surface area contributed by atoms with E-state index in [1.807, 2.05) is 6.07 Å². The van der Waals surface area contributed by atoms with Gasteiger partial charge < -0.3 is 15.4 Å². The van der Waals surface area contributed by atoms with Crippen LogP contribution in [0.5, 0.6) is 0 Å². The van der Waals surface area contributed by atoms with Gasteiger partial charge in [0.1, 0.15) is 6.61 Å². The van der Waals surface area contributed by atoms with Crippen LogP contribution >= 0.6 is 0 Å². The van der Waals surface area contributed by atoms with E-state index >= 15 is 0 Å². The molecule has 1 aliphatic carbocycles. The number of aryl methyl sites for hydroxylation is 1. The van der Waals surface area contributed by atoms with Gasteiger partial charge in [-0.1, -0.05) is 6.07 Å². The number of nitrogens with one attached hydrogen (secondary N) is 2. The number of amides is 2. The fourth-order valence-corrected chi connectivity index (χ4v) is 2.29. The number of rotatable bonds is 6. The van der Waals surface area contributed by atoms with Crippen molar-refractivity contribution in [3.63, 3.8) is 0 Å². The van der Waals surface area contributed by atoms with Crippen LogP contribution in [0.1, 0.15) is 28.8 Å². The molecule has 1 aliphatic rings. The lowest BCUT2D eigenvalue weighted by molar-refractivity contribution is 0.0194. The molecule has 0 radical (unpaired) electrons. The second-order valence-electron chi connectivity index (χ2n) is 5.00. The number of ketones is 1. The van der Waals surface area contributed by atoms with Gasteiger partial charge >= 0.3 is 6.03 Å². The predicted molar refractivity (Wildman–Crippen MR) is 77.6 cm³/mol. The molecule has 22 heavy (non-hydrogen) atoms. The van der Waals surface area contributed by atoms with Gasteiger partial charge in [0.05, 0.1) is 6.61 Å². The van der Waals surface area contributed by atoms with Gasteiger partial charge in [-0.05, 0) is 30.5 Å². The number of fused-ring (bicyclic) bond motifs is 1. The van der Waals surface area contributed by atoms with Crippen molar-refractivity contribution in [2.24, 2.45) is 0 Å². The number of halogens is 2. The molecule has 0 atom stereocenters. The van der Waals surface area contributed by atoms with Gasteiger partial charge in [-0.25, -0.2) is 13.6 Å². The average molecular weight is 312 g/mol. The summed E-state index contributed by atoms with van der Waals surface area (Å²) in [5, 5.41) is 5.10. The van der Waals surface area contributed by atoms with Crippen molar-refractivity contribution in [1.29, 1.82) is 0 Å². The van der Waals surface area contributed by atoms with Gasteiger partial charge in [-0.3, -0.25) is 4.79 Å². The Morgan fingerprint density at radius 2 is 2.14 bits per heavy atom. The largest absolute Gasteiger partial charge is 0.374 e. The maximum atomic E-state index is 11.8. The fourth-order valence-electron chi connectivity index (χ4n) is 2.29. The summed E-state index contributed by atoms with van der Waals surface area (Å²) in [5.74, 6) is 0.0886. The van der Waals surface area contributed by atoms with Crippen molar-refractivity contribution in [1.82, 2.24) is 5.32 Å². The zero-order valence-electron chi connectivity index (χ0n) is 12.0. The second kappa shape index (κ2) is 7.84. The van der Waals surface area contributed by atoms with Crippen LogP contribution < -0.4 is 10.6 Å². The molecule has 120 valence electrons. The number of anilines is 1. The van der Waals surface area contributed by atoms with Crippen molar-refractivity contribution < 1.29 is 23.1 Å². The Morgan fingerprint density at radius 3 is 2.91 bits per heavy atom. The highest BCUT2D eigenvalue weighted by Crippen LogP contribution is 2.24. The van der Waals surface area contributed by atoms with Crippen molar-refractivity contribution in [2.45, 2.75) is 25.7 Å². The topological polar surface area (TPSA) is 67.4 Å². The van der Waals surface area contributed by atoms with E-state index in [2.05, 4.69) is 15.4 Å². The number of Topliss-reactive ketones (excluding diaryl/α,β-unsaturated/α-hetero) is 1. The molecule has 0 saturated carbocycles. The number of hydrogen-bond donors (Lipinski definition) is 2. The minimum Gasteiger partial charge on any atom is -0.374 e. The molecule has 0 spiro atoms. The quantitative estimate of drug-likeness (QED) is 0.794. The van der Waals surface area contributed by atoms with E-state index in [1.165, 1.54) is 0 Å². The molecule has 0 aliphatic heterocycles. The third kappa shape index (κ3) is 4.77. The monoisotopic (exact) mass is 312 g/mol. The number of carbonyl (C=O) groups excluding carboxylic acids is 2. The van der Waals surface area contributed by atoms with Crippen LogP contribution in [0, 0.1) is 0 Å². The molecule has 0 saturated heterocycles. The summed E-state index contributed by atoms with van der Waals surface area (Å²) in [4.78, 5) is 23.5.